The fourth-order valence-corrected chi connectivity index (χ4v) is 5.41. The summed E-state index contributed by atoms with van der Waals surface area (Å²) < 4.78 is 22.2. The van der Waals surface area contributed by atoms with Gasteiger partial charge in [-0.05, 0) is 88.2 Å². The standard InChI is InChI=1S/C27H37FN4O2/c1-18-13-19(2)25-22(8-11-32(25)26(33)34-27(3,4)5)23(18)14-20-7-10-31(12-9-28)17-24(20)21-15-29-30(6)16-21/h8,11,13,15-16,20,24H,7,9-10,12,14,17H2,1-6H3/t20-,24+/m0/s1. The number of rotatable bonds is 5. The summed E-state index contributed by atoms with van der Waals surface area (Å²) in [6.07, 6.45) is 7.43. The molecule has 0 bridgehead atoms. The topological polar surface area (TPSA) is 52.3 Å². The minimum absolute atomic E-state index is 0.290. The van der Waals surface area contributed by atoms with Crippen molar-refractivity contribution < 1.29 is 13.9 Å². The molecule has 3 heterocycles. The molecule has 1 aromatic carbocycles. The number of carbonyl (C=O) groups excluding carboxylic acids is 1. The Morgan fingerprint density at radius 3 is 2.68 bits per heavy atom. The highest BCUT2D eigenvalue weighted by Crippen LogP contribution is 2.38. The van der Waals surface area contributed by atoms with E-state index in [2.05, 4.69) is 29.2 Å². The van der Waals surface area contributed by atoms with Gasteiger partial charge in [-0.15, -0.1) is 0 Å². The maximum Gasteiger partial charge on any atom is 0.418 e. The van der Waals surface area contributed by atoms with Gasteiger partial charge >= 0.3 is 6.09 Å². The molecular weight excluding hydrogens is 431 g/mol. The van der Waals surface area contributed by atoms with E-state index in [1.807, 2.05) is 57.9 Å². The van der Waals surface area contributed by atoms with Gasteiger partial charge in [0.15, 0.2) is 0 Å². The molecule has 34 heavy (non-hydrogen) atoms. The molecule has 7 heteroatoms. The molecule has 0 unspecified atom stereocenters. The smallest absolute Gasteiger partial charge is 0.418 e. The summed E-state index contributed by atoms with van der Waals surface area (Å²) in [5.41, 5.74) is 5.16. The van der Waals surface area contributed by atoms with Crippen molar-refractivity contribution in [1.82, 2.24) is 19.2 Å². The number of piperidine rings is 1. The number of aryl methyl sites for hydroxylation is 3. The monoisotopic (exact) mass is 468 g/mol. The molecule has 3 aromatic rings. The van der Waals surface area contributed by atoms with Crippen LogP contribution in [0.25, 0.3) is 10.9 Å². The fourth-order valence-electron chi connectivity index (χ4n) is 5.41. The third-order valence-corrected chi connectivity index (χ3v) is 6.94. The van der Waals surface area contributed by atoms with E-state index in [0.717, 1.165) is 42.4 Å². The van der Waals surface area contributed by atoms with Crippen molar-refractivity contribution in [3.8, 4) is 0 Å². The van der Waals surface area contributed by atoms with Crippen LogP contribution in [0, 0.1) is 19.8 Å². The average molecular weight is 469 g/mol. The Morgan fingerprint density at radius 1 is 1.26 bits per heavy atom. The molecule has 0 amide bonds. The molecule has 0 aliphatic carbocycles. The normalized spacial score (nSPS) is 19.6. The Hall–Kier alpha value is -2.67. The van der Waals surface area contributed by atoms with Crippen molar-refractivity contribution in [2.75, 3.05) is 26.3 Å². The van der Waals surface area contributed by atoms with Crippen LogP contribution >= 0.6 is 0 Å². The van der Waals surface area contributed by atoms with E-state index in [-0.39, 0.29) is 18.7 Å². The number of hydrogen-bond acceptors (Lipinski definition) is 4. The Bertz CT molecular complexity index is 1170. The van der Waals surface area contributed by atoms with E-state index >= 15 is 0 Å². The van der Waals surface area contributed by atoms with Crippen molar-refractivity contribution >= 4 is 17.0 Å². The van der Waals surface area contributed by atoms with Gasteiger partial charge < -0.3 is 9.64 Å². The Kier molecular flexibility index (Phi) is 6.85. The second kappa shape index (κ2) is 9.53. The molecule has 1 aliphatic heterocycles. The molecule has 2 atom stereocenters. The zero-order valence-corrected chi connectivity index (χ0v) is 21.3. The molecule has 0 saturated carbocycles. The molecule has 184 valence electrons. The van der Waals surface area contributed by atoms with Gasteiger partial charge in [-0.1, -0.05) is 6.07 Å². The number of carbonyl (C=O) groups is 1. The predicted octanol–water partition coefficient (Wildman–Crippen LogP) is 5.39. The first kappa shape index (κ1) is 24.5. The number of fused-ring (bicyclic) bond motifs is 1. The molecule has 6 nitrogen and oxygen atoms in total. The lowest BCUT2D eigenvalue weighted by Gasteiger charge is -2.38. The first-order chi connectivity index (χ1) is 16.1. The van der Waals surface area contributed by atoms with Crippen molar-refractivity contribution in [1.29, 1.82) is 0 Å². The minimum Gasteiger partial charge on any atom is -0.443 e. The summed E-state index contributed by atoms with van der Waals surface area (Å²) >= 11 is 0. The Balaban J connectivity index is 1.69. The second-order valence-electron chi connectivity index (χ2n) is 10.7. The van der Waals surface area contributed by atoms with Crippen LogP contribution in [0.2, 0.25) is 0 Å². The van der Waals surface area contributed by atoms with E-state index in [1.165, 1.54) is 16.7 Å². The molecule has 0 N–H and O–H groups in total. The number of nitrogens with zero attached hydrogens (tertiary/aromatic N) is 4. The summed E-state index contributed by atoms with van der Waals surface area (Å²) in [5, 5.41) is 5.52. The van der Waals surface area contributed by atoms with E-state index in [4.69, 9.17) is 4.74 Å². The first-order valence-corrected chi connectivity index (χ1v) is 12.2. The van der Waals surface area contributed by atoms with Crippen LogP contribution in [0.3, 0.4) is 0 Å². The first-order valence-electron chi connectivity index (χ1n) is 12.2. The van der Waals surface area contributed by atoms with Gasteiger partial charge in [-0.2, -0.15) is 5.10 Å². The summed E-state index contributed by atoms with van der Waals surface area (Å²) in [6.45, 7) is 11.8. The highest BCUT2D eigenvalue weighted by molar-refractivity contribution is 5.94. The number of aromatic nitrogens is 3. The SMILES string of the molecule is Cc1cc(C)c2c(ccn2C(=O)OC(C)(C)C)c1C[C@@H]1CCN(CCF)C[C@H]1c1cnn(C)c1. The highest BCUT2D eigenvalue weighted by Gasteiger charge is 2.32. The zero-order chi connectivity index (χ0) is 24.6. The largest absolute Gasteiger partial charge is 0.443 e. The van der Waals surface area contributed by atoms with Crippen LogP contribution in [0.4, 0.5) is 9.18 Å². The summed E-state index contributed by atoms with van der Waals surface area (Å²) in [6, 6.07) is 4.22. The van der Waals surface area contributed by atoms with Gasteiger partial charge in [0.25, 0.3) is 0 Å². The molecule has 1 aliphatic rings. The quantitative estimate of drug-likeness (QED) is 0.504. The lowest BCUT2D eigenvalue weighted by Crippen LogP contribution is -2.41. The molecule has 1 fully saturated rings. The molecule has 4 rings (SSSR count). The number of benzene rings is 1. The van der Waals surface area contributed by atoms with Crippen LogP contribution < -0.4 is 0 Å². The molecular formula is C27H37FN4O2. The van der Waals surface area contributed by atoms with Crippen LogP contribution in [0.5, 0.6) is 0 Å². The minimum atomic E-state index is -0.556. The van der Waals surface area contributed by atoms with E-state index < -0.39 is 5.60 Å². The Labute approximate surface area is 201 Å². The van der Waals surface area contributed by atoms with Gasteiger partial charge in [0, 0.05) is 43.8 Å². The van der Waals surface area contributed by atoms with Gasteiger partial charge in [-0.25, -0.2) is 9.18 Å². The van der Waals surface area contributed by atoms with Crippen LogP contribution in [0.1, 0.15) is 55.4 Å². The third kappa shape index (κ3) is 5.04. The average Bonchev–Trinajstić information content (AvgIpc) is 3.38. The maximum absolute atomic E-state index is 13.1. The second-order valence-corrected chi connectivity index (χ2v) is 10.7. The maximum atomic E-state index is 13.1. The van der Waals surface area contributed by atoms with Crippen LogP contribution in [0.15, 0.2) is 30.7 Å². The predicted molar refractivity (Wildman–Crippen MR) is 133 cm³/mol. The molecule has 0 radical (unpaired) electrons. The van der Waals surface area contributed by atoms with Crippen molar-refractivity contribution in [2.24, 2.45) is 13.0 Å². The van der Waals surface area contributed by atoms with Crippen molar-refractivity contribution in [3.63, 3.8) is 0 Å². The molecule has 2 aromatic heterocycles. The van der Waals surface area contributed by atoms with E-state index in [9.17, 15) is 9.18 Å². The van der Waals surface area contributed by atoms with Crippen molar-refractivity contribution in [3.05, 3.63) is 53.0 Å². The number of likely N-dealkylation sites (tertiary alicyclic amines) is 1. The van der Waals surface area contributed by atoms with Gasteiger partial charge in [0.2, 0.25) is 0 Å². The summed E-state index contributed by atoms with van der Waals surface area (Å²) in [5.74, 6) is 0.701. The number of ether oxygens (including phenoxy) is 1. The summed E-state index contributed by atoms with van der Waals surface area (Å²) in [7, 11) is 1.94. The van der Waals surface area contributed by atoms with Gasteiger partial charge in [0.05, 0.1) is 11.7 Å². The summed E-state index contributed by atoms with van der Waals surface area (Å²) in [4.78, 5) is 15.1. The Morgan fingerprint density at radius 2 is 2.03 bits per heavy atom. The van der Waals surface area contributed by atoms with Gasteiger partial charge in [-0.3, -0.25) is 9.25 Å². The zero-order valence-electron chi connectivity index (χ0n) is 21.3. The van der Waals surface area contributed by atoms with Crippen molar-refractivity contribution in [2.45, 2.75) is 59.0 Å². The van der Waals surface area contributed by atoms with E-state index in [1.54, 1.807) is 4.57 Å². The molecule has 0 spiro atoms. The fraction of sp³-hybridized carbons (Fsp3) is 0.556. The third-order valence-electron chi connectivity index (χ3n) is 6.94. The highest BCUT2D eigenvalue weighted by atomic mass is 19.1. The number of hydrogen-bond donors (Lipinski definition) is 0. The van der Waals surface area contributed by atoms with Gasteiger partial charge in [0.1, 0.15) is 12.3 Å². The lowest BCUT2D eigenvalue weighted by molar-refractivity contribution is 0.0544. The lowest BCUT2D eigenvalue weighted by atomic mass is 9.77. The van der Waals surface area contributed by atoms with Crippen LogP contribution in [-0.2, 0) is 18.2 Å². The van der Waals surface area contributed by atoms with Crippen LogP contribution in [-0.4, -0.2) is 57.3 Å². The number of alkyl halides is 1. The van der Waals surface area contributed by atoms with E-state index in [0.29, 0.717) is 12.5 Å². The molecule has 1 saturated heterocycles. The number of halogens is 1.